The summed E-state index contributed by atoms with van der Waals surface area (Å²) in [5.74, 6) is 0.119. The zero-order valence-corrected chi connectivity index (χ0v) is 12.9. The Balaban J connectivity index is 1.58. The average Bonchev–Trinajstić information content (AvgIpc) is 2.57. The third-order valence-electron chi connectivity index (χ3n) is 3.35. The molecule has 0 fully saturated rings. The van der Waals surface area contributed by atoms with Gasteiger partial charge in [-0.1, -0.05) is 30.3 Å². The van der Waals surface area contributed by atoms with Crippen molar-refractivity contribution < 1.29 is 9.18 Å². The second-order valence-corrected chi connectivity index (χ2v) is 5.28. The summed E-state index contributed by atoms with van der Waals surface area (Å²) >= 11 is 0. The highest BCUT2D eigenvalue weighted by molar-refractivity contribution is 5.92. The minimum atomic E-state index is -0.349. The highest BCUT2D eigenvalue weighted by Gasteiger charge is 2.05. The molecule has 0 saturated heterocycles. The molecule has 0 atom stereocenters. The highest BCUT2D eigenvalue weighted by Crippen LogP contribution is 2.16. The molecule has 0 aliphatic rings. The number of hydrogen-bond donors (Lipinski definition) is 2. The first kappa shape index (κ1) is 15.7. The third kappa shape index (κ3) is 4.39. The van der Waals surface area contributed by atoms with E-state index < -0.39 is 0 Å². The lowest BCUT2D eigenvalue weighted by Gasteiger charge is -2.08. The number of halogens is 1. The van der Waals surface area contributed by atoms with Crippen LogP contribution in [0.5, 0.6) is 0 Å². The van der Waals surface area contributed by atoms with Crippen molar-refractivity contribution in [3.8, 4) is 0 Å². The van der Waals surface area contributed by atoms with Crippen LogP contribution in [0.1, 0.15) is 5.56 Å². The Bertz CT molecular complexity index is 820. The van der Waals surface area contributed by atoms with Gasteiger partial charge in [-0.05, 0) is 42.0 Å². The van der Waals surface area contributed by atoms with Crippen molar-refractivity contribution in [1.82, 2.24) is 4.98 Å². The molecule has 0 spiro atoms. The predicted octanol–water partition coefficient (Wildman–Crippen LogP) is 4.15. The summed E-state index contributed by atoms with van der Waals surface area (Å²) in [6.45, 7) is 0. The molecule has 3 rings (SSSR count). The Labute approximate surface area is 139 Å². The van der Waals surface area contributed by atoms with E-state index in [0.717, 1.165) is 5.69 Å². The maximum Gasteiger partial charge on any atom is 0.228 e. The number of nitrogens with zero attached hydrogens (tertiary/aromatic N) is 1. The van der Waals surface area contributed by atoms with Crippen molar-refractivity contribution in [1.29, 1.82) is 0 Å². The van der Waals surface area contributed by atoms with Crippen LogP contribution < -0.4 is 10.6 Å². The van der Waals surface area contributed by atoms with Crippen molar-refractivity contribution in [2.45, 2.75) is 6.42 Å². The second kappa shape index (κ2) is 7.37. The standard InChI is InChI=1S/C19H16FN3O/c20-15-6-4-5-14(11-15)12-19(24)23-17-9-10-18(21-13-17)22-16-7-2-1-3-8-16/h1-11,13H,12H2,(H,21,22)(H,23,24). The molecule has 1 heterocycles. The summed E-state index contributed by atoms with van der Waals surface area (Å²) in [6, 6.07) is 19.2. The minimum absolute atomic E-state index is 0.113. The maximum absolute atomic E-state index is 13.1. The quantitative estimate of drug-likeness (QED) is 0.742. The van der Waals surface area contributed by atoms with Crippen LogP contribution in [0.2, 0.25) is 0 Å². The maximum atomic E-state index is 13.1. The topological polar surface area (TPSA) is 54.0 Å². The molecular formula is C19H16FN3O. The zero-order valence-electron chi connectivity index (χ0n) is 12.9. The van der Waals surface area contributed by atoms with E-state index in [-0.39, 0.29) is 18.1 Å². The van der Waals surface area contributed by atoms with Crippen molar-refractivity contribution in [3.05, 3.63) is 84.3 Å². The van der Waals surface area contributed by atoms with Crippen molar-refractivity contribution >= 4 is 23.1 Å². The summed E-state index contributed by atoms with van der Waals surface area (Å²) in [5.41, 5.74) is 2.16. The number of carbonyl (C=O) groups is 1. The Kier molecular flexibility index (Phi) is 4.81. The van der Waals surface area contributed by atoms with Crippen LogP contribution in [-0.4, -0.2) is 10.9 Å². The van der Waals surface area contributed by atoms with E-state index in [1.165, 1.54) is 12.1 Å². The fraction of sp³-hybridized carbons (Fsp3) is 0.0526. The SMILES string of the molecule is O=C(Cc1cccc(F)c1)Nc1ccc(Nc2ccccc2)nc1. The number of rotatable bonds is 5. The van der Waals surface area contributed by atoms with Gasteiger partial charge in [0.05, 0.1) is 18.3 Å². The van der Waals surface area contributed by atoms with E-state index in [4.69, 9.17) is 0 Å². The molecule has 0 bridgehead atoms. The van der Waals surface area contributed by atoms with Gasteiger partial charge in [-0.15, -0.1) is 0 Å². The molecule has 1 aromatic heterocycles. The van der Waals surface area contributed by atoms with Gasteiger partial charge in [0.1, 0.15) is 11.6 Å². The van der Waals surface area contributed by atoms with Gasteiger partial charge in [0.25, 0.3) is 0 Å². The van der Waals surface area contributed by atoms with Gasteiger partial charge < -0.3 is 10.6 Å². The molecule has 1 amide bonds. The van der Waals surface area contributed by atoms with Gasteiger partial charge in [-0.25, -0.2) is 9.37 Å². The summed E-state index contributed by atoms with van der Waals surface area (Å²) < 4.78 is 13.1. The Morgan fingerprint density at radius 3 is 2.50 bits per heavy atom. The summed E-state index contributed by atoms with van der Waals surface area (Å²) in [6.07, 6.45) is 1.69. The van der Waals surface area contributed by atoms with Crippen LogP contribution in [0, 0.1) is 5.82 Å². The molecule has 2 N–H and O–H groups in total. The van der Waals surface area contributed by atoms with Crippen molar-refractivity contribution in [2.75, 3.05) is 10.6 Å². The Hall–Kier alpha value is -3.21. The zero-order chi connectivity index (χ0) is 16.8. The van der Waals surface area contributed by atoms with E-state index in [9.17, 15) is 9.18 Å². The number of aromatic nitrogens is 1. The average molecular weight is 321 g/mol. The first-order chi connectivity index (χ1) is 11.7. The summed E-state index contributed by atoms with van der Waals surface area (Å²) in [5, 5.41) is 5.91. The van der Waals surface area contributed by atoms with Gasteiger partial charge in [-0.3, -0.25) is 4.79 Å². The number of amides is 1. The summed E-state index contributed by atoms with van der Waals surface area (Å²) in [4.78, 5) is 16.3. The Morgan fingerprint density at radius 2 is 1.79 bits per heavy atom. The number of nitrogens with one attached hydrogen (secondary N) is 2. The molecule has 5 heteroatoms. The van der Waals surface area contributed by atoms with E-state index in [1.807, 2.05) is 30.3 Å². The third-order valence-corrected chi connectivity index (χ3v) is 3.35. The minimum Gasteiger partial charge on any atom is -0.340 e. The van der Waals surface area contributed by atoms with Gasteiger partial charge >= 0.3 is 0 Å². The number of anilines is 3. The molecule has 2 aromatic carbocycles. The highest BCUT2D eigenvalue weighted by atomic mass is 19.1. The lowest BCUT2D eigenvalue weighted by atomic mass is 10.1. The van der Waals surface area contributed by atoms with Crippen LogP contribution in [0.4, 0.5) is 21.6 Å². The van der Waals surface area contributed by atoms with E-state index in [1.54, 1.807) is 30.5 Å². The number of para-hydroxylation sites is 1. The fourth-order valence-electron chi connectivity index (χ4n) is 2.25. The first-order valence-corrected chi connectivity index (χ1v) is 7.51. The lowest BCUT2D eigenvalue weighted by molar-refractivity contribution is -0.115. The van der Waals surface area contributed by atoms with Gasteiger partial charge in [0.15, 0.2) is 0 Å². The summed E-state index contributed by atoms with van der Waals surface area (Å²) in [7, 11) is 0. The monoisotopic (exact) mass is 321 g/mol. The second-order valence-electron chi connectivity index (χ2n) is 5.28. The van der Waals surface area contributed by atoms with Gasteiger partial charge in [0, 0.05) is 5.69 Å². The first-order valence-electron chi connectivity index (χ1n) is 7.51. The molecule has 0 aliphatic heterocycles. The van der Waals surface area contributed by atoms with Gasteiger partial charge in [0.2, 0.25) is 5.91 Å². The molecule has 0 radical (unpaired) electrons. The largest absolute Gasteiger partial charge is 0.340 e. The van der Waals surface area contributed by atoms with E-state index in [2.05, 4.69) is 15.6 Å². The fourth-order valence-corrected chi connectivity index (χ4v) is 2.25. The molecule has 0 saturated carbocycles. The molecule has 3 aromatic rings. The van der Waals surface area contributed by atoms with E-state index >= 15 is 0 Å². The van der Waals surface area contributed by atoms with Crippen molar-refractivity contribution in [2.24, 2.45) is 0 Å². The Morgan fingerprint density at radius 1 is 0.958 bits per heavy atom. The molecule has 0 unspecified atom stereocenters. The van der Waals surface area contributed by atoms with Crippen molar-refractivity contribution in [3.63, 3.8) is 0 Å². The van der Waals surface area contributed by atoms with Crippen LogP contribution in [0.3, 0.4) is 0 Å². The number of benzene rings is 2. The predicted molar refractivity (Wildman–Crippen MR) is 92.7 cm³/mol. The van der Waals surface area contributed by atoms with Crippen LogP contribution in [-0.2, 0) is 11.2 Å². The van der Waals surface area contributed by atoms with Crippen LogP contribution >= 0.6 is 0 Å². The lowest BCUT2D eigenvalue weighted by Crippen LogP contribution is -2.14. The molecule has 24 heavy (non-hydrogen) atoms. The smallest absolute Gasteiger partial charge is 0.228 e. The molecule has 0 aliphatic carbocycles. The van der Waals surface area contributed by atoms with Crippen LogP contribution in [0.25, 0.3) is 0 Å². The van der Waals surface area contributed by atoms with E-state index in [0.29, 0.717) is 17.1 Å². The normalized spacial score (nSPS) is 10.2. The molecular weight excluding hydrogens is 305 g/mol. The molecule has 4 nitrogen and oxygen atoms in total. The molecule has 120 valence electrons. The number of pyridine rings is 1. The number of hydrogen-bond acceptors (Lipinski definition) is 3. The van der Waals surface area contributed by atoms with Crippen LogP contribution in [0.15, 0.2) is 72.9 Å². The number of carbonyl (C=O) groups excluding carboxylic acids is 1. The van der Waals surface area contributed by atoms with Gasteiger partial charge in [-0.2, -0.15) is 0 Å².